The van der Waals surface area contributed by atoms with Gasteiger partial charge in [-0.3, -0.25) is 4.79 Å². The highest BCUT2D eigenvalue weighted by Gasteiger charge is 2.21. The highest BCUT2D eigenvalue weighted by molar-refractivity contribution is 5.74. The molecule has 25 heavy (non-hydrogen) atoms. The van der Waals surface area contributed by atoms with Crippen LogP contribution in [0.5, 0.6) is 11.5 Å². The molecule has 3 aromatic rings. The molecule has 0 heterocycles. The third kappa shape index (κ3) is 3.41. The van der Waals surface area contributed by atoms with Gasteiger partial charge in [0, 0.05) is 11.5 Å². The Morgan fingerprint density at radius 1 is 0.760 bits per heavy atom. The summed E-state index contributed by atoms with van der Waals surface area (Å²) in [7, 11) is 0. The average molecular weight is 332 g/mol. The standard InChI is InChI=1S/C22H20O3/c1-14-11-18(24)7-9-20(14)22(17-5-3-16(13-23)4-6-17)21-10-8-19(25)12-15(21)2/h3-13,22,24-25H,1-2H3. The minimum absolute atomic E-state index is 0.0538. The first-order chi connectivity index (χ1) is 12.0. The van der Waals surface area contributed by atoms with Crippen LogP contribution in [0, 0.1) is 13.8 Å². The van der Waals surface area contributed by atoms with Crippen molar-refractivity contribution in [1.29, 1.82) is 0 Å². The summed E-state index contributed by atoms with van der Waals surface area (Å²) in [6, 6.07) is 18.2. The van der Waals surface area contributed by atoms with Gasteiger partial charge >= 0.3 is 0 Å². The summed E-state index contributed by atoms with van der Waals surface area (Å²) >= 11 is 0. The molecule has 0 radical (unpaired) electrons. The Labute approximate surface area is 147 Å². The van der Waals surface area contributed by atoms with Crippen LogP contribution in [0.4, 0.5) is 0 Å². The normalized spacial score (nSPS) is 10.8. The van der Waals surface area contributed by atoms with Crippen LogP contribution < -0.4 is 0 Å². The number of phenols is 2. The molecule has 0 bridgehead atoms. The summed E-state index contributed by atoms with van der Waals surface area (Å²) in [5.41, 5.74) is 5.80. The lowest BCUT2D eigenvalue weighted by molar-refractivity contribution is 0.112. The van der Waals surface area contributed by atoms with Crippen LogP contribution in [0.15, 0.2) is 60.7 Å². The van der Waals surface area contributed by atoms with E-state index in [9.17, 15) is 15.0 Å². The van der Waals surface area contributed by atoms with Crippen molar-refractivity contribution in [3.63, 3.8) is 0 Å². The SMILES string of the molecule is Cc1cc(O)ccc1C(c1ccc(C=O)cc1)c1ccc(O)cc1C. The van der Waals surface area contributed by atoms with Gasteiger partial charge < -0.3 is 10.2 Å². The first kappa shape index (κ1) is 16.8. The Hall–Kier alpha value is -3.07. The van der Waals surface area contributed by atoms with Gasteiger partial charge in [0.1, 0.15) is 17.8 Å². The maximum Gasteiger partial charge on any atom is 0.150 e. The minimum atomic E-state index is -0.0538. The molecular formula is C22H20O3. The van der Waals surface area contributed by atoms with Crippen LogP contribution in [0.3, 0.4) is 0 Å². The van der Waals surface area contributed by atoms with Crippen molar-refractivity contribution < 1.29 is 15.0 Å². The third-order valence-corrected chi connectivity index (χ3v) is 4.53. The molecule has 0 fully saturated rings. The van der Waals surface area contributed by atoms with Crippen molar-refractivity contribution in [3.8, 4) is 11.5 Å². The van der Waals surface area contributed by atoms with Crippen LogP contribution in [0.1, 0.15) is 44.1 Å². The Kier molecular flexibility index (Phi) is 4.57. The van der Waals surface area contributed by atoms with Gasteiger partial charge in [0.05, 0.1) is 0 Å². The van der Waals surface area contributed by atoms with E-state index in [-0.39, 0.29) is 17.4 Å². The van der Waals surface area contributed by atoms with E-state index in [0.29, 0.717) is 5.56 Å². The molecule has 0 aliphatic carbocycles. The summed E-state index contributed by atoms with van der Waals surface area (Å²) in [6.45, 7) is 3.94. The number of phenolic OH excluding ortho intramolecular Hbond substituents is 2. The topological polar surface area (TPSA) is 57.5 Å². The van der Waals surface area contributed by atoms with Crippen LogP contribution in [0.2, 0.25) is 0 Å². The van der Waals surface area contributed by atoms with Crippen molar-refractivity contribution in [1.82, 2.24) is 0 Å². The van der Waals surface area contributed by atoms with Crippen molar-refractivity contribution in [2.75, 3.05) is 0 Å². The molecule has 2 N–H and O–H groups in total. The number of aldehydes is 1. The molecule has 0 aliphatic heterocycles. The van der Waals surface area contributed by atoms with E-state index in [4.69, 9.17) is 0 Å². The Bertz CT molecular complexity index is 860. The summed E-state index contributed by atoms with van der Waals surface area (Å²) < 4.78 is 0. The molecule has 0 saturated heterocycles. The van der Waals surface area contributed by atoms with Crippen molar-refractivity contribution in [2.45, 2.75) is 19.8 Å². The maximum atomic E-state index is 11.0. The first-order valence-corrected chi connectivity index (χ1v) is 8.14. The van der Waals surface area contributed by atoms with E-state index in [2.05, 4.69) is 0 Å². The van der Waals surface area contributed by atoms with Gasteiger partial charge in [-0.25, -0.2) is 0 Å². The fourth-order valence-corrected chi connectivity index (χ4v) is 3.26. The quantitative estimate of drug-likeness (QED) is 0.537. The van der Waals surface area contributed by atoms with E-state index in [1.165, 1.54) is 0 Å². The fraction of sp³-hybridized carbons (Fsp3) is 0.136. The zero-order chi connectivity index (χ0) is 18.0. The van der Waals surface area contributed by atoms with Gasteiger partial charge in [-0.2, -0.15) is 0 Å². The highest BCUT2D eigenvalue weighted by Crippen LogP contribution is 2.37. The van der Waals surface area contributed by atoms with Crippen LogP contribution in [-0.4, -0.2) is 16.5 Å². The Balaban J connectivity index is 2.21. The second kappa shape index (κ2) is 6.81. The lowest BCUT2D eigenvalue weighted by Crippen LogP contribution is -2.07. The number of hydrogen-bond donors (Lipinski definition) is 2. The summed E-state index contributed by atoms with van der Waals surface area (Å²) in [5, 5.41) is 19.5. The number of aryl methyl sites for hydroxylation is 2. The summed E-state index contributed by atoms with van der Waals surface area (Å²) in [4.78, 5) is 11.0. The number of carbonyl (C=O) groups excluding carboxylic acids is 1. The lowest BCUT2D eigenvalue weighted by atomic mass is 9.81. The second-order valence-electron chi connectivity index (χ2n) is 6.30. The molecule has 3 heteroatoms. The van der Waals surface area contributed by atoms with Gasteiger partial charge in [0.25, 0.3) is 0 Å². The molecule has 3 nitrogen and oxygen atoms in total. The minimum Gasteiger partial charge on any atom is -0.508 e. The van der Waals surface area contributed by atoms with Gasteiger partial charge in [0.2, 0.25) is 0 Å². The predicted octanol–water partition coefficient (Wildman–Crippen LogP) is 4.71. The molecule has 0 spiro atoms. The highest BCUT2D eigenvalue weighted by atomic mass is 16.3. The van der Waals surface area contributed by atoms with Gasteiger partial charge in [-0.15, -0.1) is 0 Å². The second-order valence-corrected chi connectivity index (χ2v) is 6.30. The molecule has 126 valence electrons. The number of aromatic hydroxyl groups is 2. The van der Waals surface area contributed by atoms with Crippen molar-refractivity contribution in [3.05, 3.63) is 94.0 Å². The smallest absolute Gasteiger partial charge is 0.150 e. The largest absolute Gasteiger partial charge is 0.508 e. The fourth-order valence-electron chi connectivity index (χ4n) is 3.26. The Morgan fingerprint density at radius 3 is 1.64 bits per heavy atom. The van der Waals surface area contributed by atoms with Crippen LogP contribution >= 0.6 is 0 Å². The third-order valence-electron chi connectivity index (χ3n) is 4.53. The monoisotopic (exact) mass is 332 g/mol. The molecule has 3 rings (SSSR count). The number of benzene rings is 3. The first-order valence-electron chi connectivity index (χ1n) is 8.14. The molecule has 0 saturated carbocycles. The molecular weight excluding hydrogens is 312 g/mol. The van der Waals surface area contributed by atoms with Crippen LogP contribution in [0.25, 0.3) is 0 Å². The summed E-state index contributed by atoms with van der Waals surface area (Å²) in [5.74, 6) is 0.416. The molecule has 0 aliphatic rings. The van der Waals surface area contributed by atoms with Crippen molar-refractivity contribution in [2.24, 2.45) is 0 Å². The molecule has 0 unspecified atom stereocenters. The molecule has 0 amide bonds. The van der Waals surface area contributed by atoms with Crippen LogP contribution in [-0.2, 0) is 0 Å². The molecule has 3 aromatic carbocycles. The van der Waals surface area contributed by atoms with Gasteiger partial charge in [-0.1, -0.05) is 36.4 Å². The number of carbonyl (C=O) groups is 1. The number of hydrogen-bond acceptors (Lipinski definition) is 3. The maximum absolute atomic E-state index is 11.0. The Morgan fingerprint density at radius 2 is 1.24 bits per heavy atom. The predicted molar refractivity (Wildman–Crippen MR) is 98.5 cm³/mol. The van der Waals surface area contributed by atoms with E-state index >= 15 is 0 Å². The number of rotatable bonds is 4. The van der Waals surface area contributed by atoms with E-state index < -0.39 is 0 Å². The van der Waals surface area contributed by atoms with E-state index in [1.807, 2.05) is 38.1 Å². The van der Waals surface area contributed by atoms with E-state index in [0.717, 1.165) is 34.1 Å². The summed E-state index contributed by atoms with van der Waals surface area (Å²) in [6.07, 6.45) is 0.830. The average Bonchev–Trinajstić information content (AvgIpc) is 2.59. The molecule has 0 aromatic heterocycles. The van der Waals surface area contributed by atoms with Gasteiger partial charge in [-0.05, 0) is 65.9 Å². The van der Waals surface area contributed by atoms with Gasteiger partial charge in [0.15, 0.2) is 0 Å². The zero-order valence-electron chi connectivity index (χ0n) is 14.2. The van der Waals surface area contributed by atoms with Crippen molar-refractivity contribution >= 4 is 6.29 Å². The zero-order valence-corrected chi connectivity index (χ0v) is 14.2. The lowest BCUT2D eigenvalue weighted by Gasteiger charge is -2.23. The van der Waals surface area contributed by atoms with E-state index in [1.54, 1.807) is 36.4 Å². The molecule has 0 atom stereocenters.